The normalized spacial score (nSPS) is 21.7. The molecule has 1 saturated heterocycles. The van der Waals surface area contributed by atoms with E-state index in [4.69, 9.17) is 43.2 Å². The van der Waals surface area contributed by atoms with Gasteiger partial charge in [-0.05, 0) is 12.8 Å². The Morgan fingerprint density at radius 3 is 1.47 bits per heavy atom. The van der Waals surface area contributed by atoms with Crippen LogP contribution in [0.3, 0.4) is 0 Å². The zero-order chi connectivity index (χ0) is 15.7. The van der Waals surface area contributed by atoms with E-state index >= 15 is 0 Å². The Bertz CT molecular complexity index is 280. The first-order valence-corrected chi connectivity index (χ1v) is 8.66. The van der Waals surface area contributed by atoms with Crippen LogP contribution in [0.1, 0.15) is 39.5 Å². The highest BCUT2D eigenvalue weighted by Gasteiger charge is 2.41. The van der Waals surface area contributed by atoms with Crippen molar-refractivity contribution < 1.29 is 43.2 Å². The number of unbranched alkanes of at least 4 members (excludes halogenated alkanes) is 1. The molecule has 1 aliphatic heterocycles. The van der Waals surface area contributed by atoms with Crippen LogP contribution in [-0.2, 0) is 13.9 Å². The molecule has 1 unspecified atom stereocenters. The quantitative estimate of drug-likeness (QED) is 0.318. The summed E-state index contributed by atoms with van der Waals surface area (Å²) in [6.45, 7) is 5.46. The van der Waals surface area contributed by atoms with Gasteiger partial charge in [-0.2, -0.15) is 0 Å². The third-order valence-corrected chi connectivity index (χ3v) is 2.18. The predicted octanol–water partition coefficient (Wildman–Crippen LogP) is 0.498. The largest absolute Gasteiger partial charge is 0.466 e. The molecule has 0 aromatic carbocycles. The van der Waals surface area contributed by atoms with E-state index in [1.165, 1.54) is 25.7 Å². The second-order valence-corrected chi connectivity index (χ2v) is 6.01. The molecule has 0 amide bonds. The first-order chi connectivity index (χ1) is 8.33. The van der Waals surface area contributed by atoms with Crippen LogP contribution in [0.15, 0.2) is 0 Å². The Balaban J connectivity index is 0. The molecule has 0 bridgehead atoms. The molecular weight excluding hydrogens is 302 g/mol. The highest BCUT2D eigenvalue weighted by Crippen LogP contribution is 2.35. The Kier molecular flexibility index (Phi) is 10.4. The van der Waals surface area contributed by atoms with Gasteiger partial charge in [0.2, 0.25) is 0 Å². The minimum atomic E-state index is -4.64. The van der Waals surface area contributed by atoms with E-state index in [1.54, 1.807) is 0 Å². The fraction of sp³-hybridized carbons (Fsp3) is 1.00. The van der Waals surface area contributed by atoms with Crippen LogP contribution in [0.25, 0.3) is 0 Å². The number of phosphoric acid groups is 2. The summed E-state index contributed by atoms with van der Waals surface area (Å²) in [4.78, 5) is 43.1. The third kappa shape index (κ3) is 27.4. The zero-order valence-corrected chi connectivity index (χ0v) is 12.6. The Morgan fingerprint density at radius 2 is 1.32 bits per heavy atom. The van der Waals surface area contributed by atoms with E-state index in [0.29, 0.717) is 5.60 Å². The molecule has 0 aliphatic carbocycles. The first kappa shape index (κ1) is 21.5. The van der Waals surface area contributed by atoms with E-state index in [-0.39, 0.29) is 0 Å². The Hall–Kier alpha value is 0.180. The average molecular weight is 324 g/mol. The summed E-state index contributed by atoms with van der Waals surface area (Å²) in [5.74, 6) is 0. The lowest BCUT2D eigenvalue weighted by Gasteiger charge is -2.05. The van der Waals surface area contributed by atoms with Gasteiger partial charge in [0.25, 0.3) is 0 Å². The van der Waals surface area contributed by atoms with Crippen molar-refractivity contribution in [1.82, 2.24) is 0 Å². The van der Waals surface area contributed by atoms with E-state index < -0.39 is 15.6 Å². The molecule has 0 saturated carbocycles. The summed E-state index contributed by atoms with van der Waals surface area (Å²) in [6, 6.07) is 0. The molecule has 0 aromatic heterocycles. The molecule has 0 spiro atoms. The lowest BCUT2D eigenvalue weighted by molar-refractivity contribution is 0.272. The maximum Gasteiger partial charge on any atom is 0.466 e. The summed E-state index contributed by atoms with van der Waals surface area (Å²) in [5, 5.41) is 0. The summed E-state index contributed by atoms with van der Waals surface area (Å²) in [6.07, 6.45) is 5.10. The van der Waals surface area contributed by atoms with Gasteiger partial charge >= 0.3 is 15.6 Å². The predicted molar refractivity (Wildman–Crippen MR) is 67.0 cm³/mol. The van der Waals surface area contributed by atoms with Gasteiger partial charge in [-0.1, -0.05) is 26.7 Å². The van der Waals surface area contributed by atoms with Gasteiger partial charge in [0.15, 0.2) is 0 Å². The highest BCUT2D eigenvalue weighted by molar-refractivity contribution is 7.45. The molecule has 1 aliphatic rings. The molecule has 1 rings (SSSR count). The number of hydrogen-bond acceptors (Lipinski definition) is 3. The van der Waals surface area contributed by atoms with Crippen molar-refractivity contribution >= 4 is 15.6 Å². The molecule has 9 nitrogen and oxygen atoms in total. The number of rotatable bonds is 4. The van der Waals surface area contributed by atoms with Crippen LogP contribution in [0, 0.1) is 0 Å². The van der Waals surface area contributed by atoms with Crippen LogP contribution in [-0.4, -0.2) is 41.6 Å². The van der Waals surface area contributed by atoms with Crippen LogP contribution < -0.4 is 0 Å². The fourth-order valence-corrected chi connectivity index (χ4v) is 1.13. The standard InChI is InChI=1S/C8H16O.2H3O4P/c1-3-5-6-8(4-2)7-9-8;2*1-5(2,3)4/h3-7H2,1-2H3;2*(H3,1,2,3,4). The van der Waals surface area contributed by atoms with E-state index in [0.717, 1.165) is 6.61 Å². The lowest BCUT2D eigenvalue weighted by Crippen LogP contribution is -2.07. The molecule has 1 fully saturated rings. The molecular formula is C8H22O9P2. The molecule has 0 radical (unpaired) electrons. The van der Waals surface area contributed by atoms with Crippen LogP contribution in [0.2, 0.25) is 0 Å². The topological polar surface area (TPSA) is 168 Å². The van der Waals surface area contributed by atoms with Crippen molar-refractivity contribution in [2.75, 3.05) is 6.61 Å². The Morgan fingerprint density at radius 1 is 1.00 bits per heavy atom. The third-order valence-electron chi connectivity index (χ3n) is 2.18. The van der Waals surface area contributed by atoms with Gasteiger partial charge in [-0.3, -0.25) is 0 Å². The maximum atomic E-state index is 8.88. The van der Waals surface area contributed by atoms with E-state index in [1.807, 2.05) is 0 Å². The van der Waals surface area contributed by atoms with Gasteiger partial charge in [0.1, 0.15) is 0 Å². The zero-order valence-electron chi connectivity index (χ0n) is 10.8. The van der Waals surface area contributed by atoms with Gasteiger partial charge < -0.3 is 34.1 Å². The number of ether oxygens (including phenoxy) is 1. The SMILES string of the molecule is CCCCC1(CC)CO1.O=P(O)(O)O.O=P(O)(O)O. The number of epoxide rings is 1. The summed E-state index contributed by atoms with van der Waals surface area (Å²) < 4.78 is 23.1. The first-order valence-electron chi connectivity index (χ1n) is 5.53. The van der Waals surface area contributed by atoms with Crippen molar-refractivity contribution in [3.63, 3.8) is 0 Å². The second kappa shape index (κ2) is 9.18. The minimum absolute atomic E-state index is 0.343. The molecule has 1 atom stereocenters. The second-order valence-electron chi connectivity index (χ2n) is 3.96. The van der Waals surface area contributed by atoms with Crippen LogP contribution in [0.4, 0.5) is 0 Å². The van der Waals surface area contributed by atoms with Crippen molar-refractivity contribution in [1.29, 1.82) is 0 Å². The molecule has 0 aromatic rings. The van der Waals surface area contributed by atoms with Crippen molar-refractivity contribution in [3.8, 4) is 0 Å². The highest BCUT2D eigenvalue weighted by atomic mass is 31.2. The molecule has 11 heteroatoms. The van der Waals surface area contributed by atoms with Crippen molar-refractivity contribution in [2.45, 2.75) is 45.1 Å². The van der Waals surface area contributed by atoms with Gasteiger partial charge in [0, 0.05) is 0 Å². The van der Waals surface area contributed by atoms with Gasteiger partial charge in [-0.15, -0.1) is 0 Å². The van der Waals surface area contributed by atoms with E-state index in [9.17, 15) is 0 Å². The average Bonchev–Trinajstić information content (AvgIpc) is 2.90. The van der Waals surface area contributed by atoms with E-state index in [2.05, 4.69) is 13.8 Å². The summed E-state index contributed by atoms with van der Waals surface area (Å²) in [7, 11) is -9.28. The maximum absolute atomic E-state index is 8.88. The summed E-state index contributed by atoms with van der Waals surface area (Å²) >= 11 is 0. The molecule has 19 heavy (non-hydrogen) atoms. The van der Waals surface area contributed by atoms with Crippen LogP contribution >= 0.6 is 15.6 Å². The van der Waals surface area contributed by atoms with Gasteiger partial charge in [-0.25, -0.2) is 9.13 Å². The van der Waals surface area contributed by atoms with Crippen molar-refractivity contribution in [2.24, 2.45) is 0 Å². The lowest BCUT2D eigenvalue weighted by atomic mass is 10.0. The number of hydrogen-bond donors (Lipinski definition) is 6. The Labute approximate surface area is 111 Å². The summed E-state index contributed by atoms with van der Waals surface area (Å²) in [5.41, 5.74) is 0.343. The van der Waals surface area contributed by atoms with Crippen LogP contribution in [0.5, 0.6) is 0 Å². The molecule has 1 heterocycles. The fourth-order valence-electron chi connectivity index (χ4n) is 1.13. The monoisotopic (exact) mass is 324 g/mol. The van der Waals surface area contributed by atoms with Gasteiger partial charge in [0.05, 0.1) is 12.2 Å². The molecule has 118 valence electrons. The van der Waals surface area contributed by atoms with Crippen molar-refractivity contribution in [3.05, 3.63) is 0 Å². The minimum Gasteiger partial charge on any atom is -0.370 e. The molecule has 6 N–H and O–H groups in total. The smallest absolute Gasteiger partial charge is 0.370 e.